The van der Waals surface area contributed by atoms with Crippen molar-refractivity contribution in [3.63, 3.8) is 0 Å². The summed E-state index contributed by atoms with van der Waals surface area (Å²) in [5.41, 5.74) is 10.6. The molecule has 0 aliphatic heterocycles. The lowest BCUT2D eigenvalue weighted by Crippen LogP contribution is -2.22. The first kappa shape index (κ1) is 31.3. The van der Waals surface area contributed by atoms with Gasteiger partial charge in [-0.05, 0) is 6.42 Å². The van der Waals surface area contributed by atoms with Gasteiger partial charge in [0, 0.05) is 6.54 Å². The lowest BCUT2D eigenvalue weighted by Gasteiger charge is -2.04. The van der Waals surface area contributed by atoms with Crippen LogP contribution in [0.3, 0.4) is 0 Å². The molecule has 3 heteroatoms. The van der Waals surface area contributed by atoms with E-state index >= 15 is 0 Å². The summed E-state index contributed by atoms with van der Waals surface area (Å²) in [4.78, 5) is 4.03. The molecule has 0 aliphatic carbocycles. The molecule has 0 saturated heterocycles. The minimum atomic E-state index is 0.226. The Bertz CT molecular complexity index is 363. The van der Waals surface area contributed by atoms with E-state index in [4.69, 9.17) is 11.5 Å². The summed E-state index contributed by atoms with van der Waals surface area (Å²) in [6.45, 7) is 3.09. The van der Waals surface area contributed by atoms with E-state index in [1.807, 2.05) is 0 Å². The summed E-state index contributed by atoms with van der Waals surface area (Å²) in [5, 5.41) is 0. The summed E-state index contributed by atoms with van der Waals surface area (Å²) in [6.07, 6.45) is 37.2. The van der Waals surface area contributed by atoms with Crippen molar-refractivity contribution in [1.82, 2.24) is 0 Å². The molecule has 0 amide bonds. The van der Waals surface area contributed by atoms with Gasteiger partial charge >= 0.3 is 0 Å². The zero-order valence-corrected chi connectivity index (χ0v) is 22.2. The quantitative estimate of drug-likeness (QED) is 0.0741. The van der Waals surface area contributed by atoms with E-state index in [2.05, 4.69) is 11.9 Å². The van der Waals surface area contributed by atoms with Crippen molar-refractivity contribution in [2.45, 2.75) is 174 Å². The number of aliphatic imine (C=N–C) groups is 1. The molecule has 0 saturated carbocycles. The highest BCUT2D eigenvalue weighted by Gasteiger charge is 1.96. The monoisotopic (exact) mass is 451 g/mol. The van der Waals surface area contributed by atoms with Gasteiger partial charge in [0.05, 0.1) is 0 Å². The van der Waals surface area contributed by atoms with Gasteiger partial charge in [-0.3, -0.25) is 4.99 Å². The normalized spacial score (nSPS) is 11.2. The van der Waals surface area contributed by atoms with Crippen molar-refractivity contribution < 1.29 is 0 Å². The third-order valence-corrected chi connectivity index (χ3v) is 6.81. The summed E-state index contributed by atoms with van der Waals surface area (Å²) in [5.74, 6) is 0.226. The Kier molecular flexibility index (Phi) is 27.7. The second-order valence-electron chi connectivity index (χ2n) is 10.1. The Morgan fingerprint density at radius 3 is 0.812 bits per heavy atom. The van der Waals surface area contributed by atoms with Crippen LogP contribution < -0.4 is 11.5 Å². The molecule has 0 fully saturated rings. The maximum Gasteiger partial charge on any atom is 0.185 e. The molecule has 0 aromatic carbocycles. The zero-order chi connectivity index (χ0) is 23.4. The van der Waals surface area contributed by atoms with E-state index in [-0.39, 0.29) is 5.96 Å². The predicted octanol–water partition coefficient (Wildman–Crippen LogP) is 9.42. The molecule has 0 atom stereocenters. The Labute approximate surface area is 203 Å². The molecule has 0 spiro atoms. The third-order valence-electron chi connectivity index (χ3n) is 6.81. The SMILES string of the molecule is CCCCCCCCCCCCCCCCCCCCCCCCCCCCN=C(N)N. The second-order valence-corrected chi connectivity index (χ2v) is 10.1. The van der Waals surface area contributed by atoms with Gasteiger partial charge in [0.15, 0.2) is 5.96 Å². The fourth-order valence-corrected chi connectivity index (χ4v) is 4.64. The molecule has 0 aromatic heterocycles. The van der Waals surface area contributed by atoms with Crippen molar-refractivity contribution in [3.8, 4) is 0 Å². The van der Waals surface area contributed by atoms with Crippen LogP contribution in [0.15, 0.2) is 4.99 Å². The third kappa shape index (κ3) is 29.3. The summed E-state index contributed by atoms with van der Waals surface area (Å²) >= 11 is 0. The lowest BCUT2D eigenvalue weighted by atomic mass is 10.0. The number of hydrogen-bond donors (Lipinski definition) is 2. The van der Waals surface area contributed by atoms with Gasteiger partial charge in [-0.15, -0.1) is 0 Å². The van der Waals surface area contributed by atoms with Crippen LogP contribution >= 0.6 is 0 Å². The van der Waals surface area contributed by atoms with Crippen molar-refractivity contribution in [2.75, 3.05) is 6.54 Å². The predicted molar refractivity (Wildman–Crippen MR) is 146 cm³/mol. The lowest BCUT2D eigenvalue weighted by molar-refractivity contribution is 0.515. The molecule has 4 N–H and O–H groups in total. The van der Waals surface area contributed by atoms with Gasteiger partial charge in [0.2, 0.25) is 0 Å². The van der Waals surface area contributed by atoms with Gasteiger partial charge in [0.25, 0.3) is 0 Å². The molecule has 32 heavy (non-hydrogen) atoms. The molecule has 3 nitrogen and oxygen atoms in total. The second kappa shape index (κ2) is 28.3. The highest BCUT2D eigenvalue weighted by molar-refractivity contribution is 5.75. The minimum absolute atomic E-state index is 0.226. The van der Waals surface area contributed by atoms with Crippen LogP contribution in [0.2, 0.25) is 0 Å². The molecule has 0 aliphatic rings. The first-order chi connectivity index (χ1) is 15.8. The van der Waals surface area contributed by atoms with Crippen LogP contribution in [0.5, 0.6) is 0 Å². The smallest absolute Gasteiger partial charge is 0.185 e. The average Bonchev–Trinajstić information content (AvgIpc) is 2.78. The first-order valence-corrected chi connectivity index (χ1v) is 14.8. The highest BCUT2D eigenvalue weighted by atomic mass is 15.0. The van der Waals surface area contributed by atoms with Crippen molar-refractivity contribution in [3.05, 3.63) is 0 Å². The van der Waals surface area contributed by atoms with Crippen LogP contribution in [0.25, 0.3) is 0 Å². The van der Waals surface area contributed by atoms with Gasteiger partial charge in [0.1, 0.15) is 0 Å². The summed E-state index contributed by atoms with van der Waals surface area (Å²) in [6, 6.07) is 0. The summed E-state index contributed by atoms with van der Waals surface area (Å²) in [7, 11) is 0. The molecule has 0 bridgehead atoms. The average molecular weight is 452 g/mol. The molecular formula is C29H61N3. The molecule has 0 radical (unpaired) electrons. The highest BCUT2D eigenvalue weighted by Crippen LogP contribution is 2.15. The van der Waals surface area contributed by atoms with Crippen LogP contribution in [-0.2, 0) is 0 Å². The molecular weight excluding hydrogens is 390 g/mol. The van der Waals surface area contributed by atoms with Gasteiger partial charge < -0.3 is 11.5 Å². The minimum Gasteiger partial charge on any atom is -0.370 e. The number of unbranched alkanes of at least 4 members (excludes halogenated alkanes) is 25. The standard InChI is InChI=1S/C29H61N3/c1-2-3-4-5-6-7-8-9-10-11-12-13-14-15-16-17-18-19-20-21-22-23-24-25-26-27-28-32-29(30)31/h2-28H2,1H3,(H4,30,31,32). The number of nitrogens with two attached hydrogens (primary N) is 2. The maximum atomic E-state index is 5.32. The molecule has 0 unspecified atom stereocenters. The van der Waals surface area contributed by atoms with E-state index in [0.717, 1.165) is 13.0 Å². The number of rotatable bonds is 27. The van der Waals surface area contributed by atoms with Gasteiger partial charge in [-0.25, -0.2) is 0 Å². The van der Waals surface area contributed by atoms with E-state index in [9.17, 15) is 0 Å². The van der Waals surface area contributed by atoms with Crippen LogP contribution in [0, 0.1) is 0 Å². The van der Waals surface area contributed by atoms with Gasteiger partial charge in [-0.1, -0.05) is 167 Å². The van der Waals surface area contributed by atoms with Crippen LogP contribution in [-0.4, -0.2) is 12.5 Å². The Morgan fingerprint density at radius 2 is 0.594 bits per heavy atom. The van der Waals surface area contributed by atoms with Crippen molar-refractivity contribution >= 4 is 5.96 Å². The molecule has 0 aromatic rings. The Hall–Kier alpha value is -0.730. The largest absolute Gasteiger partial charge is 0.370 e. The Balaban J connectivity index is 3.02. The molecule has 0 heterocycles. The fraction of sp³-hybridized carbons (Fsp3) is 0.966. The van der Waals surface area contributed by atoms with Crippen molar-refractivity contribution in [2.24, 2.45) is 16.5 Å². The fourth-order valence-electron chi connectivity index (χ4n) is 4.64. The summed E-state index contributed by atoms with van der Waals surface area (Å²) < 4.78 is 0. The van der Waals surface area contributed by atoms with E-state index < -0.39 is 0 Å². The Morgan fingerprint density at radius 1 is 0.375 bits per heavy atom. The number of nitrogens with zero attached hydrogens (tertiary/aromatic N) is 1. The first-order valence-electron chi connectivity index (χ1n) is 14.8. The van der Waals surface area contributed by atoms with Gasteiger partial charge in [-0.2, -0.15) is 0 Å². The number of hydrogen-bond acceptors (Lipinski definition) is 1. The van der Waals surface area contributed by atoms with Crippen LogP contribution in [0.1, 0.15) is 174 Å². The van der Waals surface area contributed by atoms with E-state index in [0.29, 0.717) is 0 Å². The number of guanidine groups is 1. The molecule has 0 rings (SSSR count). The molecule has 192 valence electrons. The maximum absolute atomic E-state index is 5.32. The topological polar surface area (TPSA) is 64.4 Å². The van der Waals surface area contributed by atoms with Crippen LogP contribution in [0.4, 0.5) is 0 Å². The van der Waals surface area contributed by atoms with E-state index in [1.54, 1.807) is 0 Å². The van der Waals surface area contributed by atoms with E-state index in [1.165, 1.54) is 161 Å². The zero-order valence-electron chi connectivity index (χ0n) is 22.2. The van der Waals surface area contributed by atoms with Crippen molar-refractivity contribution in [1.29, 1.82) is 0 Å².